The highest BCUT2D eigenvalue weighted by Crippen LogP contribution is 2.29. The third kappa shape index (κ3) is 3.60. The molecule has 3 rings (SSSR count). The topological polar surface area (TPSA) is 59.0 Å². The summed E-state index contributed by atoms with van der Waals surface area (Å²) in [6, 6.07) is 2.70. The number of rotatable bonds is 7. The van der Waals surface area contributed by atoms with Crippen LogP contribution >= 0.6 is 0 Å². The highest BCUT2D eigenvalue weighted by atomic mass is 16.2. The summed E-state index contributed by atoms with van der Waals surface area (Å²) in [5.74, 6) is 0.523. The minimum Gasteiger partial charge on any atom is -0.355 e. The van der Waals surface area contributed by atoms with Gasteiger partial charge >= 0.3 is 0 Å². The van der Waals surface area contributed by atoms with Crippen LogP contribution in [0.15, 0.2) is 12.3 Å². The van der Waals surface area contributed by atoms with E-state index in [2.05, 4.69) is 32.7 Å². The van der Waals surface area contributed by atoms with E-state index in [9.17, 15) is 4.79 Å². The number of nitrogens with zero attached hydrogens (tertiary/aromatic N) is 2. The lowest BCUT2D eigenvalue weighted by atomic mass is 10.3. The van der Waals surface area contributed by atoms with Crippen molar-refractivity contribution in [2.24, 2.45) is 5.92 Å². The van der Waals surface area contributed by atoms with Gasteiger partial charge in [0, 0.05) is 31.7 Å². The first-order chi connectivity index (χ1) is 9.83. The molecule has 5 heteroatoms. The predicted molar refractivity (Wildman–Crippen MR) is 77.2 cm³/mol. The summed E-state index contributed by atoms with van der Waals surface area (Å²) < 4.78 is 2.12. The van der Waals surface area contributed by atoms with Crippen LogP contribution < -0.4 is 10.6 Å². The van der Waals surface area contributed by atoms with E-state index < -0.39 is 0 Å². The average molecular weight is 276 g/mol. The number of carbonyl (C=O) groups is 1. The van der Waals surface area contributed by atoms with Crippen LogP contribution in [0.1, 0.15) is 50.3 Å². The molecule has 0 aromatic carbocycles. The number of hydrogen-bond donors (Lipinski definition) is 2. The molecule has 2 fully saturated rings. The number of amides is 1. The lowest BCUT2D eigenvalue weighted by Crippen LogP contribution is -2.32. The van der Waals surface area contributed by atoms with Gasteiger partial charge in [0.25, 0.3) is 0 Å². The molecule has 20 heavy (non-hydrogen) atoms. The van der Waals surface area contributed by atoms with E-state index in [0.717, 1.165) is 31.6 Å². The zero-order valence-corrected chi connectivity index (χ0v) is 12.0. The Hall–Kier alpha value is -1.36. The summed E-state index contributed by atoms with van der Waals surface area (Å²) >= 11 is 0. The summed E-state index contributed by atoms with van der Waals surface area (Å²) in [6.07, 6.45) is 9.43. The monoisotopic (exact) mass is 276 g/mol. The Balaban J connectivity index is 1.32. The van der Waals surface area contributed by atoms with E-state index in [-0.39, 0.29) is 5.91 Å². The van der Waals surface area contributed by atoms with Crippen molar-refractivity contribution >= 4 is 5.91 Å². The van der Waals surface area contributed by atoms with Gasteiger partial charge in [-0.15, -0.1) is 0 Å². The van der Waals surface area contributed by atoms with Crippen LogP contribution in [-0.4, -0.2) is 28.8 Å². The molecule has 0 spiro atoms. The first-order valence-electron chi connectivity index (χ1n) is 7.85. The standard InChI is InChI=1S/C15H24N4O/c20-15(12-5-6-12)17-9-8-16-11-13-7-10-19(18-13)14-3-1-2-4-14/h7,10,12,14,16H,1-6,8-9,11H2,(H,17,20). The molecular formula is C15H24N4O. The summed E-state index contributed by atoms with van der Waals surface area (Å²) in [5.41, 5.74) is 1.09. The van der Waals surface area contributed by atoms with Crippen LogP contribution in [-0.2, 0) is 11.3 Å². The molecule has 2 N–H and O–H groups in total. The molecule has 0 aliphatic heterocycles. The largest absolute Gasteiger partial charge is 0.355 e. The molecule has 0 unspecified atom stereocenters. The molecule has 1 amide bonds. The van der Waals surface area contributed by atoms with Crippen molar-refractivity contribution in [3.8, 4) is 0 Å². The number of aromatic nitrogens is 2. The minimum atomic E-state index is 0.220. The second-order valence-corrected chi connectivity index (χ2v) is 5.97. The number of nitrogens with one attached hydrogen (secondary N) is 2. The van der Waals surface area contributed by atoms with Gasteiger partial charge in [-0.3, -0.25) is 9.48 Å². The van der Waals surface area contributed by atoms with Gasteiger partial charge in [-0.2, -0.15) is 5.10 Å². The fraction of sp³-hybridized carbons (Fsp3) is 0.733. The Morgan fingerprint density at radius 1 is 1.25 bits per heavy atom. The van der Waals surface area contributed by atoms with Crippen molar-refractivity contribution in [1.29, 1.82) is 0 Å². The normalized spacial score (nSPS) is 19.4. The zero-order chi connectivity index (χ0) is 13.8. The van der Waals surface area contributed by atoms with Crippen LogP contribution in [0.5, 0.6) is 0 Å². The minimum absolute atomic E-state index is 0.220. The van der Waals surface area contributed by atoms with Crippen LogP contribution in [0.25, 0.3) is 0 Å². The SMILES string of the molecule is O=C(NCCNCc1ccn(C2CCCC2)n1)C1CC1. The first kappa shape index (κ1) is 13.6. The lowest BCUT2D eigenvalue weighted by molar-refractivity contribution is -0.122. The maximum Gasteiger partial charge on any atom is 0.223 e. The maximum absolute atomic E-state index is 11.4. The molecule has 110 valence electrons. The first-order valence-corrected chi connectivity index (χ1v) is 7.85. The van der Waals surface area contributed by atoms with Crippen LogP contribution in [0, 0.1) is 5.92 Å². The van der Waals surface area contributed by atoms with Gasteiger partial charge in [-0.25, -0.2) is 0 Å². The van der Waals surface area contributed by atoms with Gasteiger partial charge in [-0.1, -0.05) is 12.8 Å². The van der Waals surface area contributed by atoms with E-state index in [4.69, 9.17) is 0 Å². The van der Waals surface area contributed by atoms with E-state index in [1.54, 1.807) is 0 Å². The third-order valence-electron chi connectivity index (χ3n) is 4.22. The average Bonchev–Trinajstić information content (AvgIpc) is 2.98. The highest BCUT2D eigenvalue weighted by Gasteiger charge is 2.28. The van der Waals surface area contributed by atoms with Crippen molar-refractivity contribution in [3.63, 3.8) is 0 Å². The molecule has 1 aromatic heterocycles. The maximum atomic E-state index is 11.4. The zero-order valence-electron chi connectivity index (χ0n) is 12.0. The van der Waals surface area contributed by atoms with E-state index >= 15 is 0 Å². The molecule has 2 aliphatic carbocycles. The molecule has 0 bridgehead atoms. The molecule has 0 saturated heterocycles. The Morgan fingerprint density at radius 3 is 2.80 bits per heavy atom. The summed E-state index contributed by atoms with van der Waals surface area (Å²) in [7, 11) is 0. The van der Waals surface area contributed by atoms with Crippen molar-refractivity contribution < 1.29 is 4.79 Å². The van der Waals surface area contributed by atoms with E-state index in [1.165, 1.54) is 25.7 Å². The Bertz CT molecular complexity index is 446. The van der Waals surface area contributed by atoms with Gasteiger partial charge in [0.15, 0.2) is 0 Å². The van der Waals surface area contributed by atoms with Gasteiger partial charge in [0.1, 0.15) is 0 Å². The molecule has 0 radical (unpaired) electrons. The summed E-state index contributed by atoms with van der Waals surface area (Å²) in [6.45, 7) is 2.28. The Morgan fingerprint density at radius 2 is 2.05 bits per heavy atom. The summed E-state index contributed by atoms with van der Waals surface area (Å²) in [4.78, 5) is 11.4. The molecule has 5 nitrogen and oxygen atoms in total. The highest BCUT2D eigenvalue weighted by molar-refractivity contribution is 5.80. The predicted octanol–water partition coefficient (Wildman–Crippen LogP) is 1.61. The fourth-order valence-corrected chi connectivity index (χ4v) is 2.82. The van der Waals surface area contributed by atoms with Gasteiger partial charge in [-0.05, 0) is 31.7 Å². The Labute approximate surface area is 120 Å². The quantitative estimate of drug-likeness (QED) is 0.744. The lowest BCUT2D eigenvalue weighted by Gasteiger charge is -2.09. The second kappa shape index (κ2) is 6.39. The van der Waals surface area contributed by atoms with Crippen molar-refractivity contribution in [2.45, 2.75) is 51.1 Å². The van der Waals surface area contributed by atoms with E-state index in [1.807, 2.05) is 0 Å². The second-order valence-electron chi connectivity index (χ2n) is 5.97. The molecule has 2 aliphatic rings. The number of hydrogen-bond acceptors (Lipinski definition) is 3. The third-order valence-corrected chi connectivity index (χ3v) is 4.22. The summed E-state index contributed by atoms with van der Waals surface area (Å²) in [5, 5.41) is 10.9. The Kier molecular flexibility index (Phi) is 4.35. The van der Waals surface area contributed by atoms with Crippen molar-refractivity contribution in [2.75, 3.05) is 13.1 Å². The van der Waals surface area contributed by atoms with Crippen LogP contribution in [0.3, 0.4) is 0 Å². The smallest absolute Gasteiger partial charge is 0.223 e. The van der Waals surface area contributed by atoms with Gasteiger partial charge < -0.3 is 10.6 Å². The van der Waals surface area contributed by atoms with Crippen molar-refractivity contribution in [1.82, 2.24) is 20.4 Å². The molecule has 1 heterocycles. The van der Waals surface area contributed by atoms with Crippen LogP contribution in [0.2, 0.25) is 0 Å². The molecular weight excluding hydrogens is 252 g/mol. The molecule has 0 atom stereocenters. The van der Waals surface area contributed by atoms with Crippen molar-refractivity contribution in [3.05, 3.63) is 18.0 Å². The molecule has 1 aromatic rings. The number of carbonyl (C=O) groups excluding carboxylic acids is 1. The van der Waals surface area contributed by atoms with Gasteiger partial charge in [0.2, 0.25) is 5.91 Å². The fourth-order valence-electron chi connectivity index (χ4n) is 2.82. The van der Waals surface area contributed by atoms with Gasteiger partial charge in [0.05, 0.1) is 11.7 Å². The van der Waals surface area contributed by atoms with Crippen LogP contribution in [0.4, 0.5) is 0 Å². The van der Waals surface area contributed by atoms with E-state index in [0.29, 0.717) is 18.5 Å². The molecule has 2 saturated carbocycles.